The van der Waals surface area contributed by atoms with E-state index in [0.717, 1.165) is 29.3 Å². The zero-order chi connectivity index (χ0) is 9.88. The summed E-state index contributed by atoms with van der Waals surface area (Å²) in [5.74, 6) is 1.96. The van der Waals surface area contributed by atoms with Gasteiger partial charge in [-0.2, -0.15) is 0 Å². The van der Waals surface area contributed by atoms with Crippen LogP contribution in [0.4, 0.5) is 0 Å². The Bertz CT molecular complexity index is 497. The molecule has 2 aliphatic rings. The second-order valence-corrected chi connectivity index (χ2v) is 4.69. The fourth-order valence-electron chi connectivity index (χ4n) is 2.90. The van der Waals surface area contributed by atoms with Crippen molar-refractivity contribution in [3.05, 3.63) is 30.1 Å². The van der Waals surface area contributed by atoms with Crippen molar-refractivity contribution in [2.24, 2.45) is 5.92 Å². The zero-order valence-corrected chi connectivity index (χ0v) is 8.46. The van der Waals surface area contributed by atoms with Crippen molar-refractivity contribution in [3.63, 3.8) is 0 Å². The lowest BCUT2D eigenvalue weighted by atomic mass is 10.2. The summed E-state index contributed by atoms with van der Waals surface area (Å²) in [4.78, 5) is 8.14. The van der Waals surface area contributed by atoms with Crippen LogP contribution in [0.2, 0.25) is 0 Å². The Hall–Kier alpha value is -1.35. The predicted octanol–water partition coefficient (Wildman–Crippen LogP) is 1.77. The Morgan fingerprint density at radius 1 is 1.33 bits per heavy atom. The second kappa shape index (κ2) is 2.42. The van der Waals surface area contributed by atoms with E-state index >= 15 is 0 Å². The number of piperidine rings is 1. The maximum atomic E-state index is 4.69. The fourth-order valence-corrected chi connectivity index (χ4v) is 2.90. The van der Waals surface area contributed by atoms with Crippen molar-refractivity contribution in [3.8, 4) is 0 Å². The van der Waals surface area contributed by atoms with Crippen LogP contribution in [-0.4, -0.2) is 16.5 Å². The molecule has 2 unspecified atom stereocenters. The quantitative estimate of drug-likeness (QED) is 0.735. The maximum Gasteiger partial charge on any atom is 0.127 e. The Balaban J connectivity index is 1.89. The molecule has 0 amide bonds. The third kappa shape index (κ3) is 0.913. The number of aromatic amines is 1. The summed E-state index contributed by atoms with van der Waals surface area (Å²) in [5, 5.41) is 3.59. The molecule has 0 spiro atoms. The minimum absolute atomic E-state index is 0.207. The lowest BCUT2D eigenvalue weighted by Gasteiger charge is -2.08. The third-order valence-electron chi connectivity index (χ3n) is 3.85. The van der Waals surface area contributed by atoms with Crippen LogP contribution in [0.5, 0.6) is 0 Å². The minimum Gasteiger partial charge on any atom is -0.340 e. The second-order valence-electron chi connectivity index (χ2n) is 4.69. The molecule has 1 aliphatic heterocycles. The maximum absolute atomic E-state index is 4.69. The standard InChI is InChI=1S/C12H13N3/c1-2-4-10-9(3-1)14-11(15-10)12-7-8(12)5-6-13-12/h1-4,8,13H,5-7H2,(H,14,15). The number of nitrogens with zero attached hydrogens (tertiary/aromatic N) is 1. The first-order valence-electron chi connectivity index (χ1n) is 5.59. The van der Waals surface area contributed by atoms with Crippen molar-refractivity contribution in [1.82, 2.24) is 15.3 Å². The van der Waals surface area contributed by atoms with E-state index < -0.39 is 0 Å². The van der Waals surface area contributed by atoms with Gasteiger partial charge < -0.3 is 10.3 Å². The number of benzene rings is 1. The van der Waals surface area contributed by atoms with Gasteiger partial charge >= 0.3 is 0 Å². The van der Waals surface area contributed by atoms with Gasteiger partial charge in [-0.3, -0.25) is 0 Å². The van der Waals surface area contributed by atoms with E-state index in [1.807, 2.05) is 6.07 Å². The average molecular weight is 199 g/mol. The van der Waals surface area contributed by atoms with Crippen molar-refractivity contribution in [2.75, 3.05) is 6.54 Å². The molecule has 1 aliphatic carbocycles. The van der Waals surface area contributed by atoms with Crippen molar-refractivity contribution in [2.45, 2.75) is 18.4 Å². The van der Waals surface area contributed by atoms with E-state index in [2.05, 4.69) is 28.5 Å². The van der Waals surface area contributed by atoms with E-state index in [9.17, 15) is 0 Å². The van der Waals surface area contributed by atoms with Crippen molar-refractivity contribution >= 4 is 11.0 Å². The monoisotopic (exact) mass is 199 g/mol. The van der Waals surface area contributed by atoms with Crippen LogP contribution in [-0.2, 0) is 5.54 Å². The molecule has 1 saturated heterocycles. The Labute approximate surface area is 87.9 Å². The van der Waals surface area contributed by atoms with E-state index in [1.165, 1.54) is 12.8 Å². The Morgan fingerprint density at radius 2 is 2.27 bits per heavy atom. The number of rotatable bonds is 1. The number of hydrogen-bond acceptors (Lipinski definition) is 2. The number of aromatic nitrogens is 2. The zero-order valence-electron chi connectivity index (χ0n) is 8.46. The topological polar surface area (TPSA) is 40.7 Å². The van der Waals surface area contributed by atoms with Gasteiger partial charge in [0.2, 0.25) is 0 Å². The van der Waals surface area contributed by atoms with Crippen molar-refractivity contribution < 1.29 is 0 Å². The molecule has 0 bridgehead atoms. The van der Waals surface area contributed by atoms with Gasteiger partial charge in [0.15, 0.2) is 0 Å². The average Bonchev–Trinajstić information content (AvgIpc) is 2.68. The summed E-state index contributed by atoms with van der Waals surface area (Å²) < 4.78 is 0. The SMILES string of the molecule is c1ccc2[nH]c(C34CC3CCN4)nc2c1. The van der Waals surface area contributed by atoms with Crippen molar-refractivity contribution in [1.29, 1.82) is 0 Å². The molecule has 1 saturated carbocycles. The summed E-state index contributed by atoms with van der Waals surface area (Å²) in [6, 6.07) is 8.25. The number of para-hydroxylation sites is 2. The summed E-state index contributed by atoms with van der Waals surface area (Å²) in [6.45, 7) is 1.14. The lowest BCUT2D eigenvalue weighted by molar-refractivity contribution is 0.551. The van der Waals surface area contributed by atoms with E-state index in [-0.39, 0.29) is 5.54 Å². The molecule has 76 valence electrons. The fraction of sp³-hybridized carbons (Fsp3) is 0.417. The van der Waals surface area contributed by atoms with E-state index in [1.54, 1.807) is 0 Å². The molecule has 1 aromatic carbocycles. The largest absolute Gasteiger partial charge is 0.340 e. The van der Waals surface area contributed by atoms with Gasteiger partial charge in [-0.25, -0.2) is 4.98 Å². The number of imidazole rings is 1. The Morgan fingerprint density at radius 3 is 3.00 bits per heavy atom. The molecule has 2 aromatic rings. The highest BCUT2D eigenvalue weighted by molar-refractivity contribution is 5.75. The van der Waals surface area contributed by atoms with Crippen LogP contribution in [0.15, 0.2) is 24.3 Å². The summed E-state index contributed by atoms with van der Waals surface area (Å²) in [6.07, 6.45) is 2.56. The first-order valence-corrected chi connectivity index (χ1v) is 5.59. The normalized spacial score (nSPS) is 33.2. The first-order chi connectivity index (χ1) is 7.38. The molecule has 2 fully saturated rings. The van der Waals surface area contributed by atoms with Crippen LogP contribution in [0.1, 0.15) is 18.7 Å². The highest BCUT2D eigenvalue weighted by atomic mass is 15.2. The lowest BCUT2D eigenvalue weighted by Crippen LogP contribution is -2.26. The highest BCUT2D eigenvalue weighted by Crippen LogP contribution is 2.56. The van der Waals surface area contributed by atoms with Gasteiger partial charge in [0.1, 0.15) is 5.82 Å². The number of hydrogen-bond donors (Lipinski definition) is 2. The third-order valence-corrected chi connectivity index (χ3v) is 3.85. The summed E-state index contributed by atoms with van der Waals surface area (Å²) in [7, 11) is 0. The predicted molar refractivity (Wildman–Crippen MR) is 58.5 cm³/mol. The van der Waals surface area contributed by atoms with Gasteiger partial charge in [-0.15, -0.1) is 0 Å². The number of nitrogens with one attached hydrogen (secondary N) is 2. The van der Waals surface area contributed by atoms with Gasteiger partial charge in [0.05, 0.1) is 16.6 Å². The van der Waals surface area contributed by atoms with Crippen LogP contribution in [0, 0.1) is 5.92 Å². The molecular formula is C12H13N3. The highest BCUT2D eigenvalue weighted by Gasteiger charge is 2.60. The molecule has 0 radical (unpaired) electrons. The first kappa shape index (κ1) is 7.88. The molecule has 2 N–H and O–H groups in total. The number of fused-ring (bicyclic) bond motifs is 2. The number of H-pyrrole nitrogens is 1. The van der Waals surface area contributed by atoms with Gasteiger partial charge in [0, 0.05) is 0 Å². The van der Waals surface area contributed by atoms with Gasteiger partial charge in [-0.1, -0.05) is 12.1 Å². The van der Waals surface area contributed by atoms with Crippen LogP contribution < -0.4 is 5.32 Å². The smallest absolute Gasteiger partial charge is 0.127 e. The van der Waals surface area contributed by atoms with Crippen LogP contribution >= 0.6 is 0 Å². The molecule has 3 nitrogen and oxygen atoms in total. The molecule has 15 heavy (non-hydrogen) atoms. The molecule has 4 rings (SSSR count). The van der Waals surface area contributed by atoms with Crippen LogP contribution in [0.25, 0.3) is 11.0 Å². The van der Waals surface area contributed by atoms with Gasteiger partial charge in [-0.05, 0) is 37.4 Å². The van der Waals surface area contributed by atoms with Gasteiger partial charge in [0.25, 0.3) is 0 Å². The molecule has 3 heteroatoms. The van der Waals surface area contributed by atoms with E-state index in [0.29, 0.717) is 0 Å². The molecule has 1 aromatic heterocycles. The molecule has 2 heterocycles. The summed E-state index contributed by atoms with van der Waals surface area (Å²) >= 11 is 0. The molecular weight excluding hydrogens is 186 g/mol. The summed E-state index contributed by atoms with van der Waals surface area (Å²) in [5.41, 5.74) is 2.45. The minimum atomic E-state index is 0.207. The van der Waals surface area contributed by atoms with E-state index in [4.69, 9.17) is 4.98 Å². The Kier molecular flexibility index (Phi) is 1.27. The van der Waals surface area contributed by atoms with Crippen LogP contribution in [0.3, 0.4) is 0 Å². The molecule has 2 atom stereocenters.